The van der Waals surface area contributed by atoms with Crippen molar-refractivity contribution in [3.63, 3.8) is 0 Å². The number of nitrogens with one attached hydrogen (secondary N) is 2. The molecular weight excluding hydrogens is 718 g/mol. The molecule has 0 aliphatic heterocycles. The summed E-state index contributed by atoms with van der Waals surface area (Å²) >= 11 is 0. The molecule has 6 rings (SSSR count). The van der Waals surface area contributed by atoms with Crippen molar-refractivity contribution in [2.75, 3.05) is 57.6 Å². The molecule has 0 spiro atoms. The summed E-state index contributed by atoms with van der Waals surface area (Å²) in [4.78, 5) is 55.3. The van der Waals surface area contributed by atoms with Crippen molar-refractivity contribution in [1.29, 1.82) is 0 Å². The van der Waals surface area contributed by atoms with Crippen LogP contribution in [0.25, 0.3) is 43.6 Å². The lowest BCUT2D eigenvalue weighted by atomic mass is 10.1. The number of fused-ring (bicyclic) bond motifs is 4. The van der Waals surface area contributed by atoms with Crippen LogP contribution in [0.15, 0.2) is 84.9 Å². The van der Waals surface area contributed by atoms with Crippen molar-refractivity contribution in [1.82, 2.24) is 14.9 Å². The second-order valence-electron chi connectivity index (χ2n) is 12.6. The van der Waals surface area contributed by atoms with E-state index >= 15 is 0 Å². The number of anilines is 2. The lowest BCUT2D eigenvalue weighted by Crippen LogP contribution is -2.34. The van der Waals surface area contributed by atoms with Crippen LogP contribution in [0.4, 0.5) is 11.4 Å². The summed E-state index contributed by atoms with van der Waals surface area (Å²) in [5.41, 5.74) is 5.33. The molecule has 1 amide bonds. The number of nitrogens with zero attached hydrogens (tertiary/aromatic N) is 3. The molecule has 0 aliphatic rings. The number of amides is 1. The van der Waals surface area contributed by atoms with E-state index in [-0.39, 0.29) is 24.7 Å². The number of methoxy groups -OCH3 is 2. The number of pyridine rings is 2. The van der Waals surface area contributed by atoms with Gasteiger partial charge in [0.1, 0.15) is 22.5 Å². The van der Waals surface area contributed by atoms with Crippen molar-refractivity contribution < 1.29 is 43.6 Å². The third-order valence-corrected chi connectivity index (χ3v) is 8.98. The minimum atomic E-state index is -1.82. The van der Waals surface area contributed by atoms with Crippen LogP contribution in [0.3, 0.4) is 0 Å². The number of carbonyl (C=O) groups is 4. The quantitative estimate of drug-likeness (QED) is 0.0351. The molecule has 0 saturated carbocycles. The Labute approximate surface area is 323 Å². The molecule has 2 heterocycles. The van der Waals surface area contributed by atoms with Crippen molar-refractivity contribution in [2.45, 2.75) is 32.6 Å². The average Bonchev–Trinajstić information content (AvgIpc) is 3.21. The first-order valence-electron chi connectivity index (χ1n) is 18.2. The Hall–Kier alpha value is -6.70. The smallest absolute Gasteiger partial charge is 0.414 e. The Bertz CT molecular complexity index is 2200. The van der Waals surface area contributed by atoms with E-state index in [1.807, 2.05) is 77.7 Å². The molecule has 56 heavy (non-hydrogen) atoms. The van der Waals surface area contributed by atoms with Crippen LogP contribution >= 0.6 is 0 Å². The average molecular weight is 764 g/mol. The largest absolute Gasteiger partial charge is 0.494 e. The van der Waals surface area contributed by atoms with E-state index in [9.17, 15) is 9.59 Å². The number of carbonyl (C=O) groups excluding carboxylic acids is 2. The highest BCUT2D eigenvalue weighted by atomic mass is 16.5. The van der Waals surface area contributed by atoms with E-state index in [4.69, 9.17) is 44.0 Å². The molecule has 0 bridgehead atoms. The summed E-state index contributed by atoms with van der Waals surface area (Å²) in [5, 5.41) is 26.1. The maximum atomic E-state index is 13.5. The fraction of sp³-hybridized carbons (Fsp3) is 0.286. The van der Waals surface area contributed by atoms with E-state index in [0.29, 0.717) is 45.6 Å². The highest BCUT2D eigenvalue weighted by Crippen LogP contribution is 2.36. The van der Waals surface area contributed by atoms with Gasteiger partial charge >= 0.3 is 17.9 Å². The van der Waals surface area contributed by atoms with Gasteiger partial charge in [-0.3, -0.25) is 9.59 Å². The number of aromatic nitrogens is 2. The second kappa shape index (κ2) is 19.6. The van der Waals surface area contributed by atoms with Crippen LogP contribution in [0.5, 0.6) is 11.5 Å². The summed E-state index contributed by atoms with van der Waals surface area (Å²) in [5.74, 6) is -2.63. The van der Waals surface area contributed by atoms with E-state index in [1.165, 1.54) is 0 Å². The van der Waals surface area contributed by atoms with Crippen molar-refractivity contribution in [3.8, 4) is 11.5 Å². The van der Waals surface area contributed by atoms with Crippen LogP contribution in [0, 0.1) is 0 Å². The molecular formula is C42H45N5O9. The summed E-state index contributed by atoms with van der Waals surface area (Å²) < 4.78 is 16.3. The minimum Gasteiger partial charge on any atom is -0.494 e. The van der Waals surface area contributed by atoms with E-state index < -0.39 is 11.9 Å². The van der Waals surface area contributed by atoms with Gasteiger partial charge in [0.25, 0.3) is 0 Å². The Morgan fingerprint density at radius 1 is 0.625 bits per heavy atom. The van der Waals surface area contributed by atoms with Crippen LogP contribution in [-0.2, 0) is 23.9 Å². The normalized spacial score (nSPS) is 10.8. The maximum absolute atomic E-state index is 13.5. The summed E-state index contributed by atoms with van der Waals surface area (Å²) in [6.45, 7) is 4.41. The van der Waals surface area contributed by atoms with Crippen LogP contribution < -0.4 is 20.1 Å². The minimum absolute atomic E-state index is 0.0628. The Balaban J connectivity index is 0.000000927. The number of para-hydroxylation sites is 4. The number of carboxylic acids is 2. The van der Waals surface area contributed by atoms with Gasteiger partial charge in [0.15, 0.2) is 0 Å². The third-order valence-electron chi connectivity index (χ3n) is 8.98. The van der Waals surface area contributed by atoms with E-state index in [0.717, 1.165) is 66.5 Å². The molecule has 292 valence electrons. The van der Waals surface area contributed by atoms with Crippen LogP contribution in [-0.4, -0.2) is 95.9 Å². The van der Waals surface area contributed by atoms with Crippen LogP contribution in [0.2, 0.25) is 0 Å². The van der Waals surface area contributed by atoms with Gasteiger partial charge < -0.3 is 40.0 Å². The number of aliphatic carboxylic acids is 2. The highest BCUT2D eigenvalue weighted by molar-refractivity contribution is 6.27. The molecule has 14 heteroatoms. The Morgan fingerprint density at radius 3 is 1.50 bits per heavy atom. The first-order valence-corrected chi connectivity index (χ1v) is 18.2. The zero-order valence-electron chi connectivity index (χ0n) is 31.5. The van der Waals surface area contributed by atoms with Gasteiger partial charge in [0.05, 0.1) is 49.7 Å². The predicted molar refractivity (Wildman–Crippen MR) is 216 cm³/mol. The van der Waals surface area contributed by atoms with Gasteiger partial charge in [0, 0.05) is 54.1 Å². The van der Waals surface area contributed by atoms with Gasteiger partial charge in [-0.25, -0.2) is 19.6 Å². The highest BCUT2D eigenvalue weighted by Gasteiger charge is 2.18. The molecule has 0 saturated heterocycles. The van der Waals surface area contributed by atoms with Gasteiger partial charge in [-0.1, -0.05) is 60.7 Å². The Morgan fingerprint density at radius 2 is 1.07 bits per heavy atom. The third kappa shape index (κ3) is 9.88. The summed E-state index contributed by atoms with van der Waals surface area (Å²) in [6.07, 6.45) is 1.59. The SMILES string of the molecule is CCOC(=O)CCC(=O)N(CCCNc1c2ccccc2nc2c(OC)cccc12)CCCNc1c2ccccc2nc2c(OC)cccc12.O=C(O)C(=O)O. The molecule has 2 aromatic heterocycles. The fourth-order valence-corrected chi connectivity index (χ4v) is 6.41. The van der Waals surface area contributed by atoms with Gasteiger partial charge in [-0.2, -0.15) is 0 Å². The van der Waals surface area contributed by atoms with Crippen molar-refractivity contribution in [3.05, 3.63) is 84.9 Å². The number of hydrogen-bond acceptors (Lipinski definition) is 11. The molecule has 0 aliphatic carbocycles. The molecule has 4 N–H and O–H groups in total. The standard InChI is InChI=1S/C40H43N5O5.C2H2O4/c1-4-50-36(47)22-21-35(46)45(25-11-23-41-37-27-13-5-7-17-31(27)43-39-29(37)15-9-19-33(39)48-2)26-12-24-42-38-28-14-6-8-18-32(28)44-40-30(38)16-10-20-34(40)49-3;3-1(4)2(5)6/h5-10,13-20H,4,11-12,21-26H2,1-3H3,(H,41,43)(H,42,44);(H,3,4)(H,5,6). The van der Waals surface area contributed by atoms with Crippen molar-refractivity contribution in [2.24, 2.45) is 0 Å². The molecule has 0 unspecified atom stereocenters. The Kier molecular flexibility index (Phi) is 14.2. The molecule has 0 atom stereocenters. The monoisotopic (exact) mass is 763 g/mol. The number of ether oxygens (including phenoxy) is 3. The van der Waals surface area contributed by atoms with E-state index in [1.54, 1.807) is 21.1 Å². The zero-order chi connectivity index (χ0) is 40.0. The summed E-state index contributed by atoms with van der Waals surface area (Å²) in [7, 11) is 3.31. The van der Waals surface area contributed by atoms with E-state index in [2.05, 4.69) is 22.8 Å². The van der Waals surface area contributed by atoms with Crippen molar-refractivity contribution >= 4 is 78.8 Å². The van der Waals surface area contributed by atoms with Gasteiger partial charge in [-0.05, 0) is 44.0 Å². The summed E-state index contributed by atoms with van der Waals surface area (Å²) in [6, 6.07) is 27.9. The first-order chi connectivity index (χ1) is 27.2. The lowest BCUT2D eigenvalue weighted by molar-refractivity contribution is -0.159. The topological polar surface area (TPSA) is 190 Å². The van der Waals surface area contributed by atoms with Gasteiger partial charge in [0.2, 0.25) is 5.91 Å². The number of rotatable bonds is 16. The molecule has 14 nitrogen and oxygen atoms in total. The van der Waals surface area contributed by atoms with Gasteiger partial charge in [-0.15, -0.1) is 0 Å². The fourth-order valence-electron chi connectivity index (χ4n) is 6.41. The molecule has 6 aromatic rings. The number of benzene rings is 4. The lowest BCUT2D eigenvalue weighted by Gasteiger charge is -2.24. The molecule has 0 radical (unpaired) electrons. The number of carboxylic acid groups (broad SMARTS) is 2. The molecule has 0 fully saturated rings. The molecule has 4 aromatic carbocycles. The van der Waals surface area contributed by atoms with Crippen LogP contribution in [0.1, 0.15) is 32.6 Å². The zero-order valence-corrected chi connectivity index (χ0v) is 31.5. The number of esters is 1. The first kappa shape index (κ1) is 40.5. The second-order valence-corrected chi connectivity index (χ2v) is 12.6. The maximum Gasteiger partial charge on any atom is 0.414 e. The number of hydrogen-bond donors (Lipinski definition) is 4. The predicted octanol–water partition coefficient (Wildman–Crippen LogP) is 6.74.